The predicted molar refractivity (Wildman–Crippen MR) is 124 cm³/mol. The zero-order valence-corrected chi connectivity index (χ0v) is 20.4. The monoisotopic (exact) mass is 534 g/mol. The average molecular weight is 537 g/mol. The van der Waals surface area contributed by atoms with E-state index in [0.717, 1.165) is 16.5 Å². The van der Waals surface area contributed by atoms with Crippen LogP contribution in [0.3, 0.4) is 0 Å². The quantitative estimate of drug-likeness (QED) is 0.445. The summed E-state index contributed by atoms with van der Waals surface area (Å²) < 4.78 is 6.40. The van der Waals surface area contributed by atoms with Gasteiger partial charge in [-0.2, -0.15) is 0 Å². The second-order valence-electron chi connectivity index (χ2n) is 6.60. The van der Waals surface area contributed by atoms with Crippen LogP contribution in [0, 0.1) is 0 Å². The molecule has 0 heterocycles. The largest absolute Gasteiger partial charge is 0.482 e. The smallest absolute Gasteiger partial charge is 0.261 e. The van der Waals surface area contributed by atoms with Crippen LogP contribution in [-0.2, 0) is 16.1 Å². The van der Waals surface area contributed by atoms with E-state index in [1.807, 2.05) is 6.92 Å². The molecule has 162 valence electrons. The predicted octanol–water partition coefficient (Wildman–Crippen LogP) is 5.73. The first-order chi connectivity index (χ1) is 14.2. The van der Waals surface area contributed by atoms with Gasteiger partial charge in [0.25, 0.3) is 5.91 Å². The van der Waals surface area contributed by atoms with Gasteiger partial charge in [0.15, 0.2) is 6.61 Å². The minimum atomic E-state index is -0.706. The van der Waals surface area contributed by atoms with Crippen LogP contribution in [0.2, 0.25) is 15.1 Å². The molecule has 0 saturated carbocycles. The number of halogens is 4. The number of nitrogens with one attached hydrogen (secondary N) is 1. The van der Waals surface area contributed by atoms with E-state index >= 15 is 0 Å². The topological polar surface area (TPSA) is 58.6 Å². The molecular weight excluding hydrogens is 515 g/mol. The van der Waals surface area contributed by atoms with Crippen molar-refractivity contribution in [1.82, 2.24) is 10.2 Å². The van der Waals surface area contributed by atoms with Crippen molar-refractivity contribution in [3.63, 3.8) is 0 Å². The zero-order chi connectivity index (χ0) is 22.3. The molecule has 2 amide bonds. The summed E-state index contributed by atoms with van der Waals surface area (Å²) >= 11 is 21.6. The number of carbonyl (C=O) groups excluding carboxylic acids is 2. The average Bonchev–Trinajstić information content (AvgIpc) is 2.71. The van der Waals surface area contributed by atoms with Crippen LogP contribution in [0.15, 0.2) is 40.9 Å². The van der Waals surface area contributed by atoms with E-state index in [9.17, 15) is 9.59 Å². The molecule has 0 spiro atoms. The molecule has 0 unspecified atom stereocenters. The Bertz CT molecular complexity index is 911. The number of benzene rings is 2. The molecule has 0 radical (unpaired) electrons. The Morgan fingerprint density at radius 2 is 1.83 bits per heavy atom. The summed E-state index contributed by atoms with van der Waals surface area (Å²) in [5, 5.41) is 3.99. The number of rotatable bonds is 9. The van der Waals surface area contributed by atoms with E-state index in [1.165, 1.54) is 4.90 Å². The van der Waals surface area contributed by atoms with E-state index in [2.05, 4.69) is 21.2 Å². The van der Waals surface area contributed by atoms with Gasteiger partial charge in [0.05, 0.1) is 15.1 Å². The van der Waals surface area contributed by atoms with Crippen LogP contribution in [0.4, 0.5) is 0 Å². The fourth-order valence-corrected chi connectivity index (χ4v) is 3.68. The first-order valence-electron chi connectivity index (χ1n) is 9.31. The zero-order valence-electron chi connectivity index (χ0n) is 16.6. The van der Waals surface area contributed by atoms with Crippen molar-refractivity contribution >= 4 is 62.5 Å². The van der Waals surface area contributed by atoms with Gasteiger partial charge in [-0.25, -0.2) is 0 Å². The maximum Gasteiger partial charge on any atom is 0.261 e. The first kappa shape index (κ1) is 24.8. The molecule has 30 heavy (non-hydrogen) atoms. The summed E-state index contributed by atoms with van der Waals surface area (Å²) in [5.41, 5.74) is 0.745. The number of amides is 2. The van der Waals surface area contributed by atoms with E-state index in [0.29, 0.717) is 27.4 Å². The van der Waals surface area contributed by atoms with Gasteiger partial charge in [-0.15, -0.1) is 0 Å². The Morgan fingerprint density at radius 3 is 2.47 bits per heavy atom. The van der Waals surface area contributed by atoms with Crippen LogP contribution in [0.5, 0.6) is 5.75 Å². The molecule has 0 aliphatic carbocycles. The minimum Gasteiger partial charge on any atom is -0.482 e. The second kappa shape index (κ2) is 11.8. The van der Waals surface area contributed by atoms with Crippen molar-refractivity contribution < 1.29 is 14.3 Å². The molecule has 2 aromatic carbocycles. The lowest BCUT2D eigenvalue weighted by molar-refractivity contribution is -0.142. The van der Waals surface area contributed by atoms with Crippen LogP contribution in [-0.4, -0.2) is 35.9 Å². The van der Waals surface area contributed by atoms with Gasteiger partial charge in [-0.1, -0.05) is 63.7 Å². The van der Waals surface area contributed by atoms with E-state index in [1.54, 1.807) is 43.3 Å². The molecule has 2 aromatic rings. The van der Waals surface area contributed by atoms with Crippen molar-refractivity contribution in [2.45, 2.75) is 32.9 Å². The molecule has 1 atom stereocenters. The third-order valence-electron chi connectivity index (χ3n) is 4.30. The number of hydrogen-bond acceptors (Lipinski definition) is 3. The van der Waals surface area contributed by atoms with Gasteiger partial charge in [-0.05, 0) is 49.2 Å². The molecule has 0 bridgehead atoms. The maximum absolute atomic E-state index is 13.0. The van der Waals surface area contributed by atoms with Crippen LogP contribution >= 0.6 is 50.7 Å². The van der Waals surface area contributed by atoms with Crippen molar-refractivity contribution in [3.05, 3.63) is 61.5 Å². The number of ether oxygens (including phenoxy) is 1. The molecular formula is C21H22BrCl3N2O3. The molecule has 5 nitrogen and oxygen atoms in total. The second-order valence-corrected chi connectivity index (χ2v) is 8.74. The highest BCUT2D eigenvalue weighted by molar-refractivity contribution is 9.10. The molecule has 0 aliphatic heterocycles. The van der Waals surface area contributed by atoms with E-state index in [4.69, 9.17) is 39.5 Å². The summed E-state index contributed by atoms with van der Waals surface area (Å²) in [5.74, 6) is -0.225. The van der Waals surface area contributed by atoms with Crippen molar-refractivity contribution in [2.24, 2.45) is 0 Å². The normalized spacial score (nSPS) is 11.7. The fourth-order valence-electron chi connectivity index (χ4n) is 2.63. The molecule has 0 aliphatic rings. The Hall–Kier alpha value is -1.47. The van der Waals surface area contributed by atoms with Crippen molar-refractivity contribution in [2.75, 3.05) is 13.2 Å². The molecule has 2 rings (SSSR count). The van der Waals surface area contributed by atoms with Gasteiger partial charge >= 0.3 is 0 Å². The lowest BCUT2D eigenvalue weighted by Crippen LogP contribution is -2.49. The number of hydrogen-bond donors (Lipinski definition) is 1. The maximum atomic E-state index is 13.0. The summed E-state index contributed by atoms with van der Waals surface area (Å²) in [6.45, 7) is 4.07. The van der Waals surface area contributed by atoms with Crippen LogP contribution in [0.25, 0.3) is 0 Å². The Balaban J connectivity index is 2.18. The number of carbonyl (C=O) groups is 2. The highest BCUT2D eigenvalue weighted by Crippen LogP contribution is 2.28. The summed E-state index contributed by atoms with van der Waals surface area (Å²) in [6, 6.07) is 9.49. The fraction of sp³-hybridized carbons (Fsp3) is 0.333. The van der Waals surface area contributed by atoms with Crippen LogP contribution < -0.4 is 10.1 Å². The minimum absolute atomic E-state index is 0.174. The third-order valence-corrected chi connectivity index (χ3v) is 5.83. The molecule has 0 aromatic heterocycles. The third kappa shape index (κ3) is 7.05. The SMILES string of the molecule is CCCNC(=O)[C@@H](C)N(Cc1ccc(Cl)c(Cl)c1)C(=O)COc1ccc(Br)cc1Cl. The summed E-state index contributed by atoms with van der Waals surface area (Å²) in [4.78, 5) is 26.9. The summed E-state index contributed by atoms with van der Waals surface area (Å²) in [7, 11) is 0. The standard InChI is InChI=1S/C21H22BrCl3N2O3/c1-3-8-26-21(29)13(2)27(11-14-4-6-16(23)17(24)9-14)20(28)12-30-19-7-5-15(22)10-18(19)25/h4-7,9-10,13H,3,8,11-12H2,1-2H3,(H,26,29)/t13-/m1/s1. The van der Waals surface area contributed by atoms with Crippen molar-refractivity contribution in [1.29, 1.82) is 0 Å². The van der Waals surface area contributed by atoms with Gasteiger partial charge < -0.3 is 15.0 Å². The molecule has 9 heteroatoms. The van der Waals surface area contributed by atoms with Gasteiger partial charge in [0.2, 0.25) is 5.91 Å². The Kier molecular flexibility index (Phi) is 9.75. The van der Waals surface area contributed by atoms with Gasteiger partial charge in [0, 0.05) is 17.6 Å². The highest BCUT2D eigenvalue weighted by atomic mass is 79.9. The van der Waals surface area contributed by atoms with E-state index < -0.39 is 6.04 Å². The van der Waals surface area contributed by atoms with E-state index in [-0.39, 0.29) is 25.0 Å². The summed E-state index contributed by atoms with van der Waals surface area (Å²) in [6.07, 6.45) is 0.796. The van der Waals surface area contributed by atoms with Crippen LogP contribution in [0.1, 0.15) is 25.8 Å². The first-order valence-corrected chi connectivity index (χ1v) is 11.2. The van der Waals surface area contributed by atoms with Gasteiger partial charge in [-0.3, -0.25) is 9.59 Å². The Morgan fingerprint density at radius 1 is 1.10 bits per heavy atom. The number of nitrogens with zero attached hydrogens (tertiary/aromatic N) is 1. The Labute approximate surface area is 199 Å². The lowest BCUT2D eigenvalue weighted by Gasteiger charge is -2.29. The molecule has 0 saturated heterocycles. The molecule has 0 fully saturated rings. The molecule has 1 N–H and O–H groups in total. The van der Waals surface area contributed by atoms with Gasteiger partial charge in [0.1, 0.15) is 11.8 Å². The van der Waals surface area contributed by atoms with Crippen molar-refractivity contribution in [3.8, 4) is 5.75 Å². The lowest BCUT2D eigenvalue weighted by atomic mass is 10.1. The highest BCUT2D eigenvalue weighted by Gasteiger charge is 2.26.